The zero-order valence-electron chi connectivity index (χ0n) is 16.2. The molecule has 0 bridgehead atoms. The van der Waals surface area contributed by atoms with Crippen LogP contribution in [0.15, 0.2) is 48.8 Å². The quantitative estimate of drug-likeness (QED) is 0.616. The molecule has 2 N–H and O–H groups in total. The van der Waals surface area contributed by atoms with Crippen molar-refractivity contribution in [2.24, 2.45) is 0 Å². The largest absolute Gasteiger partial charge is 0.464 e. The van der Waals surface area contributed by atoms with Crippen LogP contribution in [0, 0.1) is 6.92 Å². The molecular weight excluding hydrogens is 356 g/mol. The van der Waals surface area contributed by atoms with E-state index in [0.29, 0.717) is 11.3 Å². The highest BCUT2D eigenvalue weighted by Crippen LogP contribution is 2.25. The van der Waals surface area contributed by atoms with Gasteiger partial charge in [-0.05, 0) is 50.1 Å². The number of nitrogens with one attached hydrogen (secondary N) is 2. The lowest BCUT2D eigenvalue weighted by Crippen LogP contribution is -2.33. The van der Waals surface area contributed by atoms with Crippen molar-refractivity contribution in [3.05, 3.63) is 65.7 Å². The number of carbonyl (C=O) groups excluding carboxylic acids is 2. The summed E-state index contributed by atoms with van der Waals surface area (Å²) >= 11 is 0. The van der Waals surface area contributed by atoms with Crippen molar-refractivity contribution >= 4 is 11.9 Å². The first kappa shape index (κ1) is 19.4. The molecule has 0 aliphatic carbocycles. The Bertz CT molecular complexity index is 943. The lowest BCUT2D eigenvalue weighted by molar-refractivity contribution is 0.0594. The average molecular weight is 380 g/mol. The number of aryl methyl sites for hydroxylation is 2. The van der Waals surface area contributed by atoms with E-state index in [-0.39, 0.29) is 11.9 Å². The second kappa shape index (κ2) is 8.56. The van der Waals surface area contributed by atoms with Crippen LogP contribution < -0.4 is 5.32 Å². The molecule has 3 aromatic rings. The number of aromatic nitrogens is 3. The molecular formula is C21H24N4O3. The molecule has 146 valence electrons. The zero-order valence-corrected chi connectivity index (χ0v) is 16.2. The highest BCUT2D eigenvalue weighted by Gasteiger charge is 2.14. The number of carbonyl (C=O) groups is 2. The van der Waals surface area contributed by atoms with E-state index in [1.165, 1.54) is 7.11 Å². The fraction of sp³-hybridized carbons (Fsp3) is 0.286. The summed E-state index contributed by atoms with van der Waals surface area (Å²) in [6.45, 7) is 4.62. The van der Waals surface area contributed by atoms with Gasteiger partial charge in [0.05, 0.1) is 7.11 Å². The van der Waals surface area contributed by atoms with E-state index in [1.807, 2.05) is 42.9 Å². The zero-order chi connectivity index (χ0) is 20.1. The minimum Gasteiger partial charge on any atom is -0.464 e. The highest BCUT2D eigenvalue weighted by atomic mass is 16.5. The molecule has 28 heavy (non-hydrogen) atoms. The normalized spacial score (nSPS) is 11.8. The maximum absolute atomic E-state index is 12.5. The van der Waals surface area contributed by atoms with E-state index in [9.17, 15) is 9.59 Å². The van der Waals surface area contributed by atoms with E-state index >= 15 is 0 Å². The smallest absolute Gasteiger partial charge is 0.354 e. The van der Waals surface area contributed by atoms with Gasteiger partial charge in [-0.25, -0.2) is 4.79 Å². The number of amides is 1. The molecule has 7 heteroatoms. The number of rotatable bonds is 7. The number of ether oxygens (including phenoxy) is 1. The number of esters is 1. The third-order valence-electron chi connectivity index (χ3n) is 4.61. The molecule has 2 aromatic heterocycles. The minimum atomic E-state index is -0.408. The Kier molecular flexibility index (Phi) is 5.93. The van der Waals surface area contributed by atoms with Crippen LogP contribution >= 0.6 is 0 Å². The van der Waals surface area contributed by atoms with Crippen LogP contribution in [0.1, 0.15) is 39.9 Å². The summed E-state index contributed by atoms with van der Waals surface area (Å²) in [5.74, 6) is -0.519. The number of hydrogen-bond acceptors (Lipinski definition) is 4. The fourth-order valence-corrected chi connectivity index (χ4v) is 3.02. The van der Waals surface area contributed by atoms with Crippen molar-refractivity contribution in [3.8, 4) is 11.1 Å². The second-order valence-electron chi connectivity index (χ2n) is 6.72. The van der Waals surface area contributed by atoms with Crippen molar-refractivity contribution in [1.29, 1.82) is 0 Å². The Morgan fingerprint density at radius 2 is 2.04 bits per heavy atom. The second-order valence-corrected chi connectivity index (χ2v) is 6.72. The van der Waals surface area contributed by atoms with E-state index in [4.69, 9.17) is 4.74 Å². The standard InChI is InChI=1S/C21H24N4O3/c1-14(9-12-25-11-4-10-22-25)23-20(26)17-7-5-16(6-8-17)18-13-19(21(27)28-3)24-15(18)2/h4-8,10-11,13-14,24H,9,12H2,1-3H3,(H,23,26). The molecule has 0 saturated heterocycles. The molecule has 3 rings (SSSR count). The number of benzene rings is 1. The molecule has 1 unspecified atom stereocenters. The first-order chi connectivity index (χ1) is 13.5. The van der Waals surface area contributed by atoms with Gasteiger partial charge in [0.25, 0.3) is 5.91 Å². The van der Waals surface area contributed by atoms with Gasteiger partial charge < -0.3 is 15.0 Å². The van der Waals surface area contributed by atoms with Crippen LogP contribution in [0.4, 0.5) is 0 Å². The minimum absolute atomic E-state index is 0.0332. The highest BCUT2D eigenvalue weighted by molar-refractivity contribution is 5.95. The third-order valence-corrected chi connectivity index (χ3v) is 4.61. The summed E-state index contributed by atoms with van der Waals surface area (Å²) in [5, 5.41) is 7.17. The van der Waals surface area contributed by atoms with E-state index in [2.05, 4.69) is 15.4 Å². The lowest BCUT2D eigenvalue weighted by atomic mass is 10.0. The molecule has 0 radical (unpaired) electrons. The van der Waals surface area contributed by atoms with Crippen molar-refractivity contribution in [2.75, 3.05) is 7.11 Å². The van der Waals surface area contributed by atoms with Crippen molar-refractivity contribution in [1.82, 2.24) is 20.1 Å². The summed E-state index contributed by atoms with van der Waals surface area (Å²) in [6, 6.07) is 11.0. The van der Waals surface area contributed by atoms with Gasteiger partial charge in [0.15, 0.2) is 0 Å². The van der Waals surface area contributed by atoms with Crippen molar-refractivity contribution in [2.45, 2.75) is 32.9 Å². The van der Waals surface area contributed by atoms with Crippen LogP contribution in [-0.2, 0) is 11.3 Å². The lowest BCUT2D eigenvalue weighted by Gasteiger charge is -2.14. The molecule has 7 nitrogen and oxygen atoms in total. The number of nitrogens with zero attached hydrogens (tertiary/aromatic N) is 2. The van der Waals surface area contributed by atoms with Gasteiger partial charge in [-0.15, -0.1) is 0 Å². The van der Waals surface area contributed by atoms with Crippen LogP contribution in [0.25, 0.3) is 11.1 Å². The predicted octanol–water partition coefficient (Wildman–Crippen LogP) is 3.18. The Balaban J connectivity index is 1.62. The first-order valence-electron chi connectivity index (χ1n) is 9.14. The molecule has 0 aliphatic heterocycles. The van der Waals surface area contributed by atoms with Gasteiger partial charge in [-0.1, -0.05) is 12.1 Å². The van der Waals surface area contributed by atoms with E-state index in [0.717, 1.165) is 29.8 Å². The Morgan fingerprint density at radius 1 is 1.29 bits per heavy atom. The van der Waals surface area contributed by atoms with Gasteiger partial charge in [0.2, 0.25) is 0 Å². The van der Waals surface area contributed by atoms with E-state index in [1.54, 1.807) is 24.4 Å². The van der Waals surface area contributed by atoms with Crippen molar-refractivity contribution in [3.63, 3.8) is 0 Å². The summed E-state index contributed by atoms with van der Waals surface area (Å²) in [4.78, 5) is 27.2. The maximum atomic E-state index is 12.5. The molecule has 2 heterocycles. The van der Waals surface area contributed by atoms with Crippen LogP contribution in [0.2, 0.25) is 0 Å². The monoisotopic (exact) mass is 380 g/mol. The fourth-order valence-electron chi connectivity index (χ4n) is 3.02. The molecule has 1 aromatic carbocycles. The molecule has 0 spiro atoms. The molecule has 0 saturated carbocycles. The van der Waals surface area contributed by atoms with Crippen LogP contribution in [0.3, 0.4) is 0 Å². The Hall–Kier alpha value is -3.35. The number of methoxy groups -OCH3 is 1. The summed E-state index contributed by atoms with van der Waals surface area (Å²) < 4.78 is 6.59. The molecule has 0 aliphatic rings. The number of hydrogen-bond donors (Lipinski definition) is 2. The topological polar surface area (TPSA) is 89.0 Å². The van der Waals surface area contributed by atoms with E-state index < -0.39 is 5.97 Å². The average Bonchev–Trinajstić information content (AvgIpc) is 3.35. The molecule has 1 amide bonds. The summed E-state index contributed by atoms with van der Waals surface area (Å²) in [5.41, 5.74) is 3.69. The third kappa shape index (κ3) is 4.49. The first-order valence-corrected chi connectivity index (χ1v) is 9.14. The summed E-state index contributed by atoms with van der Waals surface area (Å²) in [7, 11) is 1.35. The van der Waals surface area contributed by atoms with Crippen molar-refractivity contribution < 1.29 is 14.3 Å². The molecule has 1 atom stereocenters. The van der Waals surface area contributed by atoms with Gasteiger partial charge in [-0.3, -0.25) is 9.48 Å². The number of H-pyrrole nitrogens is 1. The maximum Gasteiger partial charge on any atom is 0.354 e. The van der Waals surface area contributed by atoms with Gasteiger partial charge >= 0.3 is 5.97 Å². The van der Waals surface area contributed by atoms with Gasteiger partial charge in [0.1, 0.15) is 5.69 Å². The van der Waals surface area contributed by atoms with Gasteiger partial charge in [0, 0.05) is 41.8 Å². The Morgan fingerprint density at radius 3 is 2.68 bits per heavy atom. The van der Waals surface area contributed by atoms with Crippen LogP contribution in [-0.4, -0.2) is 39.8 Å². The predicted molar refractivity (Wildman–Crippen MR) is 106 cm³/mol. The summed E-state index contributed by atoms with van der Waals surface area (Å²) in [6.07, 6.45) is 4.44. The SMILES string of the molecule is COC(=O)c1cc(-c2ccc(C(=O)NC(C)CCn3cccn3)cc2)c(C)[nH]1. The van der Waals surface area contributed by atoms with Crippen LogP contribution in [0.5, 0.6) is 0 Å². The number of aromatic amines is 1. The molecule has 0 fully saturated rings. The Labute approximate surface area is 163 Å². The van der Waals surface area contributed by atoms with Gasteiger partial charge in [-0.2, -0.15) is 5.10 Å².